The Hall–Kier alpha value is -3.32. The zero-order valence-corrected chi connectivity index (χ0v) is 17.4. The smallest absolute Gasteiger partial charge is 0.322 e. The van der Waals surface area contributed by atoms with Crippen molar-refractivity contribution in [3.63, 3.8) is 0 Å². The number of hydrogen-bond donors (Lipinski definition) is 7. The predicted octanol–water partition coefficient (Wildman–Crippen LogP) is -0.680. The van der Waals surface area contributed by atoms with E-state index in [0.717, 1.165) is 11.8 Å². The molecular weight excluding hydrogens is 432 g/mol. The number of benzene rings is 1. The number of carbonyl (C=O) groups excluding carboxylic acids is 3. The first-order chi connectivity index (χ1) is 14.5. The molecule has 0 heterocycles. The monoisotopic (exact) mass is 456 g/mol. The summed E-state index contributed by atoms with van der Waals surface area (Å²) in [4.78, 5) is 57.4. The van der Waals surface area contributed by atoms with Crippen LogP contribution in [0.15, 0.2) is 23.1 Å². The lowest BCUT2D eigenvalue weighted by molar-refractivity contribution is -0.139. The van der Waals surface area contributed by atoms with E-state index in [1.54, 1.807) is 0 Å². The van der Waals surface area contributed by atoms with E-state index in [0.29, 0.717) is 10.6 Å². The maximum atomic E-state index is 12.3. The summed E-state index contributed by atoms with van der Waals surface area (Å²) in [5, 5.41) is 34.6. The molecule has 13 heteroatoms. The van der Waals surface area contributed by atoms with Gasteiger partial charge in [-0.3, -0.25) is 24.0 Å². The Kier molecular flexibility index (Phi) is 10.3. The van der Waals surface area contributed by atoms with Crippen molar-refractivity contribution in [1.82, 2.24) is 10.6 Å². The number of aromatic hydroxyl groups is 1. The Labute approximate surface area is 181 Å². The second-order valence-corrected chi connectivity index (χ2v) is 7.45. The lowest BCUT2D eigenvalue weighted by Gasteiger charge is -2.18. The van der Waals surface area contributed by atoms with Gasteiger partial charge in [0.15, 0.2) is 0 Å². The molecule has 1 aromatic carbocycles. The highest BCUT2D eigenvalue weighted by Crippen LogP contribution is 2.31. The number of nitrogens with two attached hydrogens (primary N) is 1. The number of aliphatic carboxylic acids is 2. The molecule has 0 saturated carbocycles. The summed E-state index contributed by atoms with van der Waals surface area (Å²) in [5.74, 6) is -4.50. The number of anilines is 1. The molecule has 0 aliphatic carbocycles. The number of phenols is 1. The lowest BCUT2D eigenvalue weighted by atomic mass is 10.1. The molecule has 0 saturated heterocycles. The van der Waals surface area contributed by atoms with Gasteiger partial charge < -0.3 is 37.0 Å². The summed E-state index contributed by atoms with van der Waals surface area (Å²) in [5.41, 5.74) is 5.76. The molecule has 0 spiro atoms. The number of carboxylic acid groups (broad SMARTS) is 2. The van der Waals surface area contributed by atoms with Crippen LogP contribution < -0.4 is 21.7 Å². The molecule has 31 heavy (non-hydrogen) atoms. The summed E-state index contributed by atoms with van der Waals surface area (Å²) in [6.45, 7) is 0.650. The number of carbonyl (C=O) groups is 5. The number of thioether (sulfide) groups is 1. The van der Waals surface area contributed by atoms with Crippen molar-refractivity contribution in [2.45, 2.75) is 36.7 Å². The van der Waals surface area contributed by atoms with Crippen LogP contribution in [0, 0.1) is 0 Å². The summed E-state index contributed by atoms with van der Waals surface area (Å²) in [7, 11) is 0. The summed E-state index contributed by atoms with van der Waals surface area (Å²) in [6, 6.07) is 1.88. The second-order valence-electron chi connectivity index (χ2n) is 6.39. The zero-order chi connectivity index (χ0) is 23.6. The van der Waals surface area contributed by atoms with Gasteiger partial charge in [0, 0.05) is 24.8 Å². The van der Waals surface area contributed by atoms with Crippen molar-refractivity contribution < 1.29 is 39.3 Å². The first-order valence-corrected chi connectivity index (χ1v) is 9.98. The maximum Gasteiger partial charge on any atom is 0.322 e. The van der Waals surface area contributed by atoms with Crippen LogP contribution in [-0.4, -0.2) is 69.4 Å². The summed E-state index contributed by atoms with van der Waals surface area (Å²) >= 11 is 0.987. The molecule has 0 aromatic heterocycles. The van der Waals surface area contributed by atoms with E-state index in [1.807, 2.05) is 0 Å². The fourth-order valence-corrected chi connectivity index (χ4v) is 3.24. The highest BCUT2D eigenvalue weighted by Gasteiger charge is 2.23. The maximum absolute atomic E-state index is 12.3. The third kappa shape index (κ3) is 9.82. The standard InChI is InChI=1S/C18H24N4O8S/c1-9(23)21-10-2-4-13(24)14(6-10)31-8-12(17(28)20-7-16(26)27)22-15(25)5-3-11(19)18(29)30/h2,4,6,11-12,24H,3,5,7-8,19H2,1H3,(H,20,28)(H,21,23)(H,22,25)(H,26,27)(H,29,30). The molecule has 0 radical (unpaired) electrons. The van der Waals surface area contributed by atoms with Crippen LogP contribution in [0.4, 0.5) is 5.69 Å². The first kappa shape index (κ1) is 25.7. The van der Waals surface area contributed by atoms with Crippen molar-refractivity contribution >= 4 is 47.1 Å². The molecule has 12 nitrogen and oxygen atoms in total. The molecule has 8 N–H and O–H groups in total. The van der Waals surface area contributed by atoms with Gasteiger partial charge in [-0.25, -0.2) is 0 Å². The number of nitrogens with one attached hydrogen (secondary N) is 3. The van der Waals surface area contributed by atoms with Gasteiger partial charge >= 0.3 is 11.9 Å². The first-order valence-electron chi connectivity index (χ1n) is 9.00. The van der Waals surface area contributed by atoms with Gasteiger partial charge in [-0.15, -0.1) is 11.8 Å². The topological polar surface area (TPSA) is 208 Å². The Balaban J connectivity index is 2.85. The SMILES string of the molecule is CC(=O)Nc1ccc(O)c(SCC(NC(=O)CCC(N)C(=O)O)C(=O)NCC(=O)O)c1. The van der Waals surface area contributed by atoms with Crippen LogP contribution in [0.3, 0.4) is 0 Å². The van der Waals surface area contributed by atoms with Gasteiger partial charge in [-0.2, -0.15) is 0 Å². The molecule has 3 amide bonds. The van der Waals surface area contributed by atoms with Crippen molar-refractivity contribution in [1.29, 1.82) is 0 Å². The third-order valence-corrected chi connectivity index (χ3v) is 4.89. The lowest BCUT2D eigenvalue weighted by Crippen LogP contribution is -2.49. The molecular formula is C18H24N4O8S. The molecule has 2 atom stereocenters. The highest BCUT2D eigenvalue weighted by molar-refractivity contribution is 7.99. The fourth-order valence-electron chi connectivity index (χ4n) is 2.23. The minimum atomic E-state index is -1.28. The molecule has 1 rings (SSSR count). The number of carboxylic acids is 2. The summed E-state index contributed by atoms with van der Waals surface area (Å²) < 4.78 is 0. The van der Waals surface area contributed by atoms with Crippen LogP contribution in [-0.2, 0) is 24.0 Å². The van der Waals surface area contributed by atoms with Crippen LogP contribution in [0.2, 0.25) is 0 Å². The fraction of sp³-hybridized carbons (Fsp3) is 0.389. The van der Waals surface area contributed by atoms with E-state index in [2.05, 4.69) is 16.0 Å². The van der Waals surface area contributed by atoms with Gasteiger partial charge in [0.05, 0.1) is 4.90 Å². The number of phenolic OH excluding ortho intramolecular Hbond substituents is 1. The van der Waals surface area contributed by atoms with E-state index in [-0.39, 0.29) is 30.3 Å². The van der Waals surface area contributed by atoms with E-state index in [9.17, 15) is 29.1 Å². The van der Waals surface area contributed by atoms with E-state index in [4.69, 9.17) is 15.9 Å². The molecule has 170 valence electrons. The van der Waals surface area contributed by atoms with Gasteiger partial charge in [0.1, 0.15) is 24.4 Å². The van der Waals surface area contributed by atoms with Gasteiger partial charge in [-0.1, -0.05) is 0 Å². The second kappa shape index (κ2) is 12.4. The largest absolute Gasteiger partial charge is 0.507 e. The van der Waals surface area contributed by atoms with Crippen LogP contribution in [0.5, 0.6) is 5.75 Å². The van der Waals surface area contributed by atoms with E-state index < -0.39 is 42.4 Å². The highest BCUT2D eigenvalue weighted by atomic mass is 32.2. The van der Waals surface area contributed by atoms with Crippen molar-refractivity contribution in [2.24, 2.45) is 5.73 Å². The van der Waals surface area contributed by atoms with E-state index >= 15 is 0 Å². The zero-order valence-electron chi connectivity index (χ0n) is 16.6. The molecule has 0 aliphatic rings. The average Bonchev–Trinajstić information content (AvgIpc) is 2.68. The van der Waals surface area contributed by atoms with Gasteiger partial charge in [-0.05, 0) is 24.6 Å². The van der Waals surface area contributed by atoms with Gasteiger partial charge in [0.2, 0.25) is 17.7 Å². The Morgan fingerprint density at radius 2 is 1.84 bits per heavy atom. The molecule has 0 aliphatic heterocycles. The van der Waals surface area contributed by atoms with Gasteiger partial charge in [0.25, 0.3) is 0 Å². The number of amides is 3. The van der Waals surface area contributed by atoms with Crippen molar-refractivity contribution in [3.05, 3.63) is 18.2 Å². The minimum absolute atomic E-state index is 0.0841. The number of hydrogen-bond acceptors (Lipinski definition) is 8. The predicted molar refractivity (Wildman–Crippen MR) is 111 cm³/mol. The molecule has 0 fully saturated rings. The molecule has 2 unspecified atom stereocenters. The Morgan fingerprint density at radius 3 is 2.42 bits per heavy atom. The third-order valence-electron chi connectivity index (χ3n) is 3.75. The average molecular weight is 456 g/mol. The Bertz CT molecular complexity index is 848. The minimum Gasteiger partial charge on any atom is -0.507 e. The van der Waals surface area contributed by atoms with Crippen molar-refractivity contribution in [3.8, 4) is 5.75 Å². The van der Waals surface area contributed by atoms with Crippen LogP contribution >= 0.6 is 11.8 Å². The molecule has 0 bridgehead atoms. The molecule has 1 aromatic rings. The quantitative estimate of drug-likeness (QED) is 0.156. The normalized spacial score (nSPS) is 12.3. The van der Waals surface area contributed by atoms with E-state index in [1.165, 1.54) is 25.1 Å². The summed E-state index contributed by atoms with van der Waals surface area (Å²) in [6.07, 6.45) is -0.415. The number of rotatable bonds is 12. The van der Waals surface area contributed by atoms with Crippen molar-refractivity contribution in [2.75, 3.05) is 17.6 Å². The Morgan fingerprint density at radius 1 is 1.16 bits per heavy atom. The van der Waals surface area contributed by atoms with Crippen LogP contribution in [0.1, 0.15) is 19.8 Å². The van der Waals surface area contributed by atoms with Crippen LogP contribution in [0.25, 0.3) is 0 Å².